The molecule has 1 fully saturated rings. The summed E-state index contributed by atoms with van der Waals surface area (Å²) in [5, 5.41) is 0. The lowest BCUT2D eigenvalue weighted by Crippen LogP contribution is -2.26. The third-order valence-electron chi connectivity index (χ3n) is 4.24. The number of pyridine rings is 1. The lowest BCUT2D eigenvalue weighted by molar-refractivity contribution is 0.254. The van der Waals surface area contributed by atoms with E-state index in [0.717, 1.165) is 25.3 Å². The summed E-state index contributed by atoms with van der Waals surface area (Å²) in [6.07, 6.45) is 5.34. The van der Waals surface area contributed by atoms with Crippen LogP contribution in [-0.2, 0) is 6.42 Å². The van der Waals surface area contributed by atoms with E-state index in [1.807, 2.05) is 18.3 Å². The largest absolute Gasteiger partial charge is 0.496 e. The summed E-state index contributed by atoms with van der Waals surface area (Å²) in [6, 6.07) is 15.0. The molecule has 1 saturated heterocycles. The van der Waals surface area contributed by atoms with E-state index in [1.54, 1.807) is 7.11 Å². The summed E-state index contributed by atoms with van der Waals surface area (Å²) in [5.74, 6) is 1.01. The van der Waals surface area contributed by atoms with Crippen molar-refractivity contribution in [2.75, 3.05) is 20.2 Å². The van der Waals surface area contributed by atoms with Crippen molar-refractivity contribution in [2.45, 2.75) is 25.3 Å². The van der Waals surface area contributed by atoms with Gasteiger partial charge in [0.05, 0.1) is 7.11 Å². The van der Waals surface area contributed by atoms with Gasteiger partial charge in [-0.3, -0.25) is 9.88 Å². The maximum atomic E-state index is 5.53. The molecule has 21 heavy (non-hydrogen) atoms. The summed E-state index contributed by atoms with van der Waals surface area (Å²) in [4.78, 5) is 6.98. The van der Waals surface area contributed by atoms with Gasteiger partial charge < -0.3 is 4.74 Å². The van der Waals surface area contributed by atoms with Gasteiger partial charge in [-0.15, -0.1) is 0 Å². The van der Waals surface area contributed by atoms with E-state index < -0.39 is 0 Å². The maximum absolute atomic E-state index is 5.53. The van der Waals surface area contributed by atoms with Crippen LogP contribution in [0.2, 0.25) is 0 Å². The molecule has 2 aromatic rings. The average molecular weight is 282 g/mol. The molecule has 3 heteroatoms. The van der Waals surface area contributed by atoms with E-state index in [4.69, 9.17) is 4.74 Å². The summed E-state index contributed by atoms with van der Waals surface area (Å²) in [6.45, 7) is 2.22. The van der Waals surface area contributed by atoms with E-state index in [-0.39, 0.29) is 0 Å². The number of para-hydroxylation sites is 1. The normalized spacial score (nSPS) is 18.8. The second-order valence-electron chi connectivity index (χ2n) is 5.51. The zero-order chi connectivity index (χ0) is 14.5. The highest BCUT2D eigenvalue weighted by molar-refractivity contribution is 5.36. The molecule has 1 aromatic carbocycles. The van der Waals surface area contributed by atoms with Gasteiger partial charge in [0.2, 0.25) is 0 Å². The molecule has 1 aromatic heterocycles. The van der Waals surface area contributed by atoms with Gasteiger partial charge in [0, 0.05) is 36.5 Å². The Balaban J connectivity index is 1.70. The molecule has 1 aliphatic rings. The van der Waals surface area contributed by atoms with Crippen LogP contribution in [0.5, 0.6) is 5.75 Å². The predicted molar refractivity (Wildman–Crippen MR) is 84.5 cm³/mol. The zero-order valence-electron chi connectivity index (χ0n) is 12.5. The topological polar surface area (TPSA) is 25.4 Å². The molecule has 0 spiro atoms. The van der Waals surface area contributed by atoms with Crippen LogP contribution in [0, 0.1) is 0 Å². The van der Waals surface area contributed by atoms with Crippen molar-refractivity contribution < 1.29 is 4.74 Å². The quantitative estimate of drug-likeness (QED) is 0.839. The first-order valence-electron chi connectivity index (χ1n) is 7.65. The molecule has 3 nitrogen and oxygen atoms in total. The highest BCUT2D eigenvalue weighted by Crippen LogP contribution is 2.36. The summed E-state index contributed by atoms with van der Waals surface area (Å²) < 4.78 is 5.53. The Kier molecular flexibility index (Phi) is 4.51. The minimum atomic E-state index is 0.477. The summed E-state index contributed by atoms with van der Waals surface area (Å²) in [7, 11) is 1.76. The third-order valence-corrected chi connectivity index (χ3v) is 4.24. The number of hydrogen-bond donors (Lipinski definition) is 0. The minimum Gasteiger partial charge on any atom is -0.496 e. The van der Waals surface area contributed by atoms with Crippen LogP contribution in [0.4, 0.5) is 0 Å². The second-order valence-corrected chi connectivity index (χ2v) is 5.51. The lowest BCUT2D eigenvalue weighted by Gasteiger charge is -2.26. The van der Waals surface area contributed by atoms with Gasteiger partial charge in [-0.1, -0.05) is 24.3 Å². The highest BCUT2D eigenvalue weighted by atomic mass is 16.5. The monoisotopic (exact) mass is 282 g/mol. The molecule has 2 heterocycles. The molecule has 0 N–H and O–H groups in total. The van der Waals surface area contributed by atoms with Gasteiger partial charge in [-0.05, 0) is 37.6 Å². The van der Waals surface area contributed by atoms with Crippen LogP contribution >= 0.6 is 0 Å². The Bertz CT molecular complexity index is 570. The third kappa shape index (κ3) is 3.24. The molecule has 110 valence electrons. The van der Waals surface area contributed by atoms with Crippen molar-refractivity contribution in [3.63, 3.8) is 0 Å². The van der Waals surface area contributed by atoms with Crippen LogP contribution in [0.1, 0.15) is 30.1 Å². The molecule has 0 bridgehead atoms. The first-order valence-corrected chi connectivity index (χ1v) is 7.65. The van der Waals surface area contributed by atoms with E-state index in [0.29, 0.717) is 6.04 Å². The van der Waals surface area contributed by atoms with Crippen molar-refractivity contribution in [2.24, 2.45) is 0 Å². The number of methoxy groups -OCH3 is 1. The van der Waals surface area contributed by atoms with E-state index >= 15 is 0 Å². The molecule has 0 amide bonds. The van der Waals surface area contributed by atoms with Crippen molar-refractivity contribution in [3.05, 3.63) is 59.9 Å². The molecule has 1 aliphatic heterocycles. The van der Waals surface area contributed by atoms with Gasteiger partial charge in [0.15, 0.2) is 0 Å². The SMILES string of the molecule is COc1ccccc1[C@@H]1CCCN1CCc1ccccn1. The average Bonchev–Trinajstić information content (AvgIpc) is 3.02. The standard InChI is InChI=1S/C18H22N2O/c1-21-18-10-3-2-8-16(18)17-9-6-13-20(17)14-11-15-7-4-5-12-19-15/h2-5,7-8,10,12,17H,6,9,11,13-14H2,1H3/t17-/m0/s1. The molecule has 3 rings (SSSR count). The summed E-state index contributed by atoms with van der Waals surface area (Å²) >= 11 is 0. The van der Waals surface area contributed by atoms with Crippen LogP contribution in [0.15, 0.2) is 48.7 Å². The Labute approximate surface area is 126 Å². The van der Waals surface area contributed by atoms with Crippen molar-refractivity contribution in [1.29, 1.82) is 0 Å². The fraction of sp³-hybridized carbons (Fsp3) is 0.389. The van der Waals surface area contributed by atoms with E-state index in [1.165, 1.54) is 24.1 Å². The fourth-order valence-electron chi connectivity index (χ4n) is 3.19. The zero-order valence-corrected chi connectivity index (χ0v) is 12.5. The van der Waals surface area contributed by atoms with Gasteiger partial charge in [0.25, 0.3) is 0 Å². The Hall–Kier alpha value is -1.87. The lowest BCUT2D eigenvalue weighted by atomic mass is 10.0. The second kappa shape index (κ2) is 6.72. The van der Waals surface area contributed by atoms with Crippen LogP contribution in [0.25, 0.3) is 0 Å². The number of ether oxygens (including phenoxy) is 1. The molecule has 0 aliphatic carbocycles. The molecule has 1 atom stereocenters. The molecule has 0 saturated carbocycles. The number of likely N-dealkylation sites (tertiary alicyclic amines) is 1. The van der Waals surface area contributed by atoms with Crippen LogP contribution in [0.3, 0.4) is 0 Å². The molecular formula is C18H22N2O. The van der Waals surface area contributed by atoms with Crippen LogP contribution < -0.4 is 4.74 Å². The Morgan fingerprint density at radius 2 is 2.05 bits per heavy atom. The first-order chi connectivity index (χ1) is 10.4. The molecule has 0 unspecified atom stereocenters. The Morgan fingerprint density at radius 1 is 1.19 bits per heavy atom. The highest BCUT2D eigenvalue weighted by Gasteiger charge is 2.27. The van der Waals surface area contributed by atoms with Crippen molar-refractivity contribution in [3.8, 4) is 5.75 Å². The van der Waals surface area contributed by atoms with Crippen molar-refractivity contribution >= 4 is 0 Å². The van der Waals surface area contributed by atoms with Crippen LogP contribution in [-0.4, -0.2) is 30.1 Å². The van der Waals surface area contributed by atoms with E-state index in [2.05, 4.69) is 40.2 Å². The van der Waals surface area contributed by atoms with Crippen molar-refractivity contribution in [1.82, 2.24) is 9.88 Å². The van der Waals surface area contributed by atoms with Gasteiger partial charge >= 0.3 is 0 Å². The van der Waals surface area contributed by atoms with Gasteiger partial charge in [0.1, 0.15) is 5.75 Å². The number of hydrogen-bond acceptors (Lipinski definition) is 3. The summed E-state index contributed by atoms with van der Waals surface area (Å²) in [5.41, 5.74) is 2.49. The maximum Gasteiger partial charge on any atom is 0.123 e. The number of rotatable bonds is 5. The minimum absolute atomic E-state index is 0.477. The molecule has 0 radical (unpaired) electrons. The van der Waals surface area contributed by atoms with E-state index in [9.17, 15) is 0 Å². The smallest absolute Gasteiger partial charge is 0.123 e. The number of benzene rings is 1. The number of nitrogens with zero attached hydrogens (tertiary/aromatic N) is 2. The predicted octanol–water partition coefficient (Wildman–Crippen LogP) is 3.47. The molecular weight excluding hydrogens is 260 g/mol. The first kappa shape index (κ1) is 14.1. The fourth-order valence-corrected chi connectivity index (χ4v) is 3.19. The van der Waals surface area contributed by atoms with Gasteiger partial charge in [-0.25, -0.2) is 0 Å². The van der Waals surface area contributed by atoms with Gasteiger partial charge in [-0.2, -0.15) is 0 Å². The Morgan fingerprint density at radius 3 is 2.86 bits per heavy atom. The number of aromatic nitrogens is 1.